The molecule has 1 aliphatic rings. The van der Waals surface area contributed by atoms with Crippen LogP contribution in [0.4, 0.5) is 10.1 Å². The maximum Gasteiger partial charge on any atom is 0.288 e. The Morgan fingerprint density at radius 1 is 1.36 bits per heavy atom. The van der Waals surface area contributed by atoms with Gasteiger partial charge in [0.1, 0.15) is 17.1 Å². The molecular weight excluding hydrogens is 361 g/mol. The van der Waals surface area contributed by atoms with Crippen LogP contribution in [-0.4, -0.2) is 40.6 Å². The average molecular weight is 383 g/mol. The van der Waals surface area contributed by atoms with Crippen LogP contribution in [0.2, 0.25) is 0 Å². The summed E-state index contributed by atoms with van der Waals surface area (Å²) in [5.74, 6) is -1.42. The van der Waals surface area contributed by atoms with Gasteiger partial charge in [0.05, 0.1) is 6.54 Å². The van der Waals surface area contributed by atoms with Gasteiger partial charge in [-0.15, -0.1) is 0 Å². The first-order valence-electron chi connectivity index (χ1n) is 8.92. The third-order valence-corrected chi connectivity index (χ3v) is 4.70. The number of nitrogens with one attached hydrogen (secondary N) is 1. The van der Waals surface area contributed by atoms with E-state index in [4.69, 9.17) is 5.73 Å². The van der Waals surface area contributed by atoms with Gasteiger partial charge in [-0.3, -0.25) is 19.6 Å². The first kappa shape index (κ1) is 19.5. The zero-order valence-corrected chi connectivity index (χ0v) is 16.0. The third-order valence-electron chi connectivity index (χ3n) is 4.70. The van der Waals surface area contributed by atoms with Crippen LogP contribution in [0.1, 0.15) is 35.5 Å². The molecule has 0 fully saturated rings. The first-order chi connectivity index (χ1) is 13.2. The van der Waals surface area contributed by atoms with Crippen LogP contribution in [0.25, 0.3) is 0 Å². The fourth-order valence-corrected chi connectivity index (χ4v) is 3.17. The number of hydrogen-bond acceptors (Lipinski definition) is 5. The number of anilines is 1. The summed E-state index contributed by atoms with van der Waals surface area (Å²) >= 11 is 0. The quantitative estimate of drug-likeness (QED) is 0.845. The van der Waals surface area contributed by atoms with E-state index in [-0.39, 0.29) is 29.5 Å². The number of aromatic nitrogens is 1. The molecule has 0 saturated carbocycles. The summed E-state index contributed by atoms with van der Waals surface area (Å²) in [7, 11) is 0. The summed E-state index contributed by atoms with van der Waals surface area (Å²) < 4.78 is 14.6. The second-order valence-corrected chi connectivity index (χ2v) is 6.96. The van der Waals surface area contributed by atoms with E-state index >= 15 is 0 Å². The maximum absolute atomic E-state index is 14.6. The number of halogens is 1. The minimum Gasteiger partial charge on any atom is -0.379 e. The predicted molar refractivity (Wildman–Crippen MR) is 105 cm³/mol. The van der Waals surface area contributed by atoms with E-state index in [9.17, 15) is 14.0 Å². The zero-order valence-electron chi connectivity index (χ0n) is 16.0. The number of carbonyl (C=O) groups excluding carboxylic acids is 2. The Kier molecular flexibility index (Phi) is 5.13. The van der Waals surface area contributed by atoms with Crippen molar-refractivity contribution in [3.63, 3.8) is 0 Å². The molecule has 1 aromatic heterocycles. The Morgan fingerprint density at radius 3 is 2.75 bits per heavy atom. The van der Waals surface area contributed by atoms with Gasteiger partial charge < -0.3 is 16.0 Å². The molecule has 1 atom stereocenters. The van der Waals surface area contributed by atoms with Gasteiger partial charge in [0, 0.05) is 24.0 Å². The molecule has 3 N–H and O–H groups in total. The van der Waals surface area contributed by atoms with Crippen molar-refractivity contribution < 1.29 is 14.0 Å². The molecule has 1 unspecified atom stereocenters. The smallest absolute Gasteiger partial charge is 0.288 e. The molecule has 0 bridgehead atoms. The van der Waals surface area contributed by atoms with Gasteiger partial charge in [-0.1, -0.05) is 6.07 Å². The third kappa shape index (κ3) is 3.71. The van der Waals surface area contributed by atoms with E-state index < -0.39 is 17.3 Å². The Labute approximate surface area is 162 Å². The Balaban J connectivity index is 1.92. The lowest BCUT2D eigenvalue weighted by atomic mass is 9.89. The highest BCUT2D eigenvalue weighted by molar-refractivity contribution is 6.37. The highest BCUT2D eigenvalue weighted by atomic mass is 19.1. The number of amidine groups is 1. The van der Waals surface area contributed by atoms with Crippen LogP contribution in [0.15, 0.2) is 41.5 Å². The lowest BCUT2D eigenvalue weighted by molar-refractivity contribution is -0.125. The number of nitrogens with zero attached hydrogens (tertiary/aromatic N) is 3. The molecule has 8 heteroatoms. The van der Waals surface area contributed by atoms with Crippen LogP contribution in [0, 0.1) is 12.7 Å². The monoisotopic (exact) mass is 383 g/mol. The van der Waals surface area contributed by atoms with E-state index in [1.165, 1.54) is 23.1 Å². The summed E-state index contributed by atoms with van der Waals surface area (Å²) in [5, 5.41) is 2.72. The lowest BCUT2D eigenvalue weighted by Crippen LogP contribution is -2.52. The molecule has 0 aliphatic carbocycles. The Morgan fingerprint density at radius 2 is 2.11 bits per heavy atom. The number of likely N-dealkylation sites (N-methyl/N-ethyl adjacent to an activating group) is 1. The number of hydrogen-bond donors (Lipinski definition) is 2. The topological polar surface area (TPSA) is 101 Å². The van der Waals surface area contributed by atoms with Crippen molar-refractivity contribution in [1.29, 1.82) is 0 Å². The number of benzene rings is 1. The number of rotatable bonds is 4. The molecule has 2 amide bonds. The first-order valence-corrected chi connectivity index (χ1v) is 8.92. The molecule has 28 heavy (non-hydrogen) atoms. The standard InChI is InChI=1S/C20H22FN5O2/c1-4-26-11-20(3,25-17(22)19(26)28)14-9-13(6-7-15(14)21)24-18(27)16-8-5-12(2)10-23-16/h5-10H,4,11H2,1-3H3,(H2,22,25)(H,24,27). The number of aryl methyl sites for hydroxylation is 1. The summed E-state index contributed by atoms with van der Waals surface area (Å²) in [5.41, 5.74) is 6.56. The van der Waals surface area contributed by atoms with Crippen molar-refractivity contribution >= 4 is 23.3 Å². The van der Waals surface area contributed by atoms with Crippen molar-refractivity contribution in [2.24, 2.45) is 10.7 Å². The number of aliphatic imine (C=N–C) groups is 1. The number of carbonyl (C=O) groups is 2. The molecule has 2 heterocycles. The van der Waals surface area contributed by atoms with Crippen LogP contribution >= 0.6 is 0 Å². The van der Waals surface area contributed by atoms with E-state index in [1.807, 2.05) is 13.8 Å². The Hall–Kier alpha value is -3.29. The number of amides is 2. The fourth-order valence-electron chi connectivity index (χ4n) is 3.17. The molecule has 7 nitrogen and oxygen atoms in total. The van der Waals surface area contributed by atoms with Crippen LogP contribution in [0.5, 0.6) is 0 Å². The highest BCUT2D eigenvalue weighted by Gasteiger charge is 2.38. The fraction of sp³-hybridized carbons (Fsp3) is 0.300. The minimum absolute atomic E-state index is 0.159. The summed E-state index contributed by atoms with van der Waals surface area (Å²) in [4.78, 5) is 34.3. The largest absolute Gasteiger partial charge is 0.379 e. The minimum atomic E-state index is -1.05. The second kappa shape index (κ2) is 7.38. The Bertz CT molecular complexity index is 958. The molecular formula is C20H22FN5O2. The lowest BCUT2D eigenvalue weighted by Gasteiger charge is -2.37. The molecule has 0 radical (unpaired) electrons. The molecule has 3 rings (SSSR count). The maximum atomic E-state index is 14.6. The summed E-state index contributed by atoms with van der Waals surface area (Å²) in [6.45, 7) is 6.03. The summed E-state index contributed by atoms with van der Waals surface area (Å²) in [6.07, 6.45) is 1.60. The molecule has 1 aliphatic heterocycles. The van der Waals surface area contributed by atoms with Crippen LogP contribution in [0.3, 0.4) is 0 Å². The van der Waals surface area contributed by atoms with Gasteiger partial charge in [-0.05, 0) is 50.6 Å². The van der Waals surface area contributed by atoms with Gasteiger partial charge in [0.2, 0.25) is 0 Å². The average Bonchev–Trinajstić information content (AvgIpc) is 2.66. The predicted octanol–water partition coefficient (Wildman–Crippen LogP) is 2.22. The van der Waals surface area contributed by atoms with Crippen molar-refractivity contribution in [3.05, 3.63) is 59.2 Å². The molecule has 0 saturated heterocycles. The molecule has 2 aromatic rings. The van der Waals surface area contributed by atoms with Crippen molar-refractivity contribution in [3.8, 4) is 0 Å². The van der Waals surface area contributed by atoms with Gasteiger partial charge in [-0.25, -0.2) is 4.39 Å². The van der Waals surface area contributed by atoms with Crippen molar-refractivity contribution in [2.75, 3.05) is 18.4 Å². The summed E-state index contributed by atoms with van der Waals surface area (Å²) in [6, 6.07) is 7.65. The van der Waals surface area contributed by atoms with Gasteiger partial charge in [-0.2, -0.15) is 0 Å². The second-order valence-electron chi connectivity index (χ2n) is 6.96. The molecule has 1 aromatic carbocycles. The van der Waals surface area contributed by atoms with Crippen molar-refractivity contribution in [2.45, 2.75) is 26.3 Å². The van der Waals surface area contributed by atoms with E-state index in [0.717, 1.165) is 5.56 Å². The van der Waals surface area contributed by atoms with Gasteiger partial charge >= 0.3 is 0 Å². The van der Waals surface area contributed by atoms with Gasteiger partial charge in [0.15, 0.2) is 5.84 Å². The zero-order chi connectivity index (χ0) is 20.5. The molecule has 0 spiro atoms. The number of pyridine rings is 1. The SMILES string of the molecule is CCN1CC(C)(c2cc(NC(=O)c3ccc(C)cn3)ccc2F)N=C(N)C1=O. The van der Waals surface area contributed by atoms with E-state index in [2.05, 4.69) is 15.3 Å². The van der Waals surface area contributed by atoms with Crippen LogP contribution < -0.4 is 11.1 Å². The van der Waals surface area contributed by atoms with E-state index in [1.54, 1.807) is 25.3 Å². The normalized spacial score (nSPS) is 19.4. The van der Waals surface area contributed by atoms with Crippen LogP contribution in [-0.2, 0) is 10.3 Å². The van der Waals surface area contributed by atoms with Crippen molar-refractivity contribution in [1.82, 2.24) is 9.88 Å². The number of nitrogens with two attached hydrogens (primary N) is 1. The highest BCUT2D eigenvalue weighted by Crippen LogP contribution is 2.33. The van der Waals surface area contributed by atoms with E-state index in [0.29, 0.717) is 12.2 Å². The molecule has 146 valence electrons. The van der Waals surface area contributed by atoms with Gasteiger partial charge in [0.25, 0.3) is 11.8 Å².